The fraction of sp³-hybridized carbons (Fsp3) is 0.400. The third kappa shape index (κ3) is 2.69. The Kier molecular flexibility index (Phi) is 5.05. The van der Waals surface area contributed by atoms with Crippen molar-refractivity contribution in [2.24, 2.45) is 0 Å². The van der Waals surface area contributed by atoms with Crippen LogP contribution in [0.25, 0.3) is 10.8 Å². The zero-order valence-corrected chi connectivity index (χ0v) is 12.9. The maximum Gasteiger partial charge on any atom is 0 e. The minimum absolute atomic E-state index is 0. The fourth-order valence-electron chi connectivity index (χ4n) is 2.23. The molecule has 0 bridgehead atoms. The van der Waals surface area contributed by atoms with Gasteiger partial charge in [-0.05, 0) is 6.42 Å². The molecule has 2 rings (SSSR count). The Balaban J connectivity index is 0.00000128. The summed E-state index contributed by atoms with van der Waals surface area (Å²) in [6.07, 6.45) is 3.79. The summed E-state index contributed by atoms with van der Waals surface area (Å²) in [6, 6.07) is 9.19. The number of hydrogen-bond acceptors (Lipinski definition) is 0. The number of aryl methyl sites for hydroxylation is 3. The van der Waals surface area contributed by atoms with Crippen LogP contribution < -0.4 is 0 Å². The van der Waals surface area contributed by atoms with Gasteiger partial charge in [-0.1, -0.05) is 45.2 Å². The summed E-state index contributed by atoms with van der Waals surface area (Å²) in [5, 5.41) is 2.92. The van der Waals surface area contributed by atoms with E-state index in [4.69, 9.17) is 0 Å². The van der Waals surface area contributed by atoms with Crippen LogP contribution in [0, 0.1) is 13.8 Å². The first-order chi connectivity index (χ1) is 7.22. The van der Waals surface area contributed by atoms with E-state index in [0.29, 0.717) is 0 Å². The number of unbranched alkanes of at least 4 members (excludes halogenated alkanes) is 1. The number of hydrogen-bond donors (Lipinski definition) is 0. The van der Waals surface area contributed by atoms with Gasteiger partial charge in [0.15, 0.2) is 0 Å². The second-order valence-electron chi connectivity index (χ2n) is 4.51. The maximum atomic E-state index is 2.33. The minimum atomic E-state index is 0. The predicted molar refractivity (Wildman–Crippen MR) is 67.6 cm³/mol. The van der Waals surface area contributed by atoms with Gasteiger partial charge >= 0.3 is 0 Å². The molecule has 0 aliphatic heterocycles. The summed E-state index contributed by atoms with van der Waals surface area (Å²) in [5.74, 6) is 0. The van der Waals surface area contributed by atoms with E-state index in [0.717, 1.165) is 0 Å². The first kappa shape index (κ1) is 13.8. The van der Waals surface area contributed by atoms with Crippen LogP contribution in [-0.2, 0) is 32.6 Å². The SMILES string of the molecule is CCCCc1ccc(C)c2[cH-]c(C)cc12.[Zr]. The van der Waals surface area contributed by atoms with E-state index in [1.165, 1.54) is 46.7 Å². The molecule has 0 saturated carbocycles. The van der Waals surface area contributed by atoms with Gasteiger partial charge in [0.1, 0.15) is 0 Å². The van der Waals surface area contributed by atoms with E-state index >= 15 is 0 Å². The quantitative estimate of drug-likeness (QED) is 0.729. The Labute approximate surface area is 118 Å². The number of fused-ring (bicyclic) bond motifs is 1. The normalized spacial score (nSPS) is 10.4. The first-order valence-electron chi connectivity index (χ1n) is 5.88. The van der Waals surface area contributed by atoms with Gasteiger partial charge in [0, 0.05) is 26.2 Å². The average molecular weight is 291 g/mol. The Morgan fingerprint density at radius 2 is 1.94 bits per heavy atom. The van der Waals surface area contributed by atoms with Crippen molar-refractivity contribution in [1.82, 2.24) is 0 Å². The zero-order chi connectivity index (χ0) is 10.8. The molecule has 0 aromatic heterocycles. The predicted octanol–water partition coefficient (Wildman–Crippen LogP) is 4.52. The van der Waals surface area contributed by atoms with Crippen LogP contribution in [0.2, 0.25) is 0 Å². The van der Waals surface area contributed by atoms with Crippen molar-refractivity contribution >= 4 is 10.8 Å². The Morgan fingerprint density at radius 1 is 1.19 bits per heavy atom. The Hall–Kier alpha value is -0.287. The molecule has 0 nitrogen and oxygen atoms in total. The summed E-state index contributed by atoms with van der Waals surface area (Å²) in [5.41, 5.74) is 4.31. The average Bonchev–Trinajstić information content (AvgIpc) is 2.60. The molecule has 0 aliphatic carbocycles. The van der Waals surface area contributed by atoms with Crippen LogP contribution >= 0.6 is 0 Å². The van der Waals surface area contributed by atoms with Gasteiger partial charge in [0.05, 0.1) is 0 Å². The van der Waals surface area contributed by atoms with E-state index in [9.17, 15) is 0 Å². The van der Waals surface area contributed by atoms with Crippen molar-refractivity contribution in [1.29, 1.82) is 0 Å². The smallest absolute Gasteiger partial charge is 0 e. The molecule has 0 aliphatic rings. The summed E-state index contributed by atoms with van der Waals surface area (Å²) >= 11 is 0. The largest absolute Gasteiger partial charge is 0.165 e. The third-order valence-electron chi connectivity index (χ3n) is 3.14. The van der Waals surface area contributed by atoms with Gasteiger partial charge in [0.25, 0.3) is 0 Å². The van der Waals surface area contributed by atoms with Crippen molar-refractivity contribution in [2.75, 3.05) is 0 Å². The maximum absolute atomic E-state index is 2.33. The van der Waals surface area contributed by atoms with Crippen molar-refractivity contribution in [3.63, 3.8) is 0 Å². The van der Waals surface area contributed by atoms with Gasteiger partial charge in [-0.2, -0.15) is 6.07 Å². The van der Waals surface area contributed by atoms with Crippen LogP contribution in [0.5, 0.6) is 0 Å². The molecule has 0 unspecified atom stereocenters. The van der Waals surface area contributed by atoms with E-state index in [1.54, 1.807) is 0 Å². The van der Waals surface area contributed by atoms with Crippen LogP contribution in [0.3, 0.4) is 0 Å². The van der Waals surface area contributed by atoms with E-state index in [-0.39, 0.29) is 26.2 Å². The molecule has 2 aromatic carbocycles. The molecule has 0 fully saturated rings. The third-order valence-corrected chi connectivity index (χ3v) is 3.14. The van der Waals surface area contributed by atoms with Crippen molar-refractivity contribution in [2.45, 2.75) is 40.0 Å². The van der Waals surface area contributed by atoms with Gasteiger partial charge < -0.3 is 0 Å². The fourth-order valence-corrected chi connectivity index (χ4v) is 2.23. The Bertz CT molecular complexity index is 465. The van der Waals surface area contributed by atoms with Crippen molar-refractivity contribution in [3.8, 4) is 0 Å². The van der Waals surface area contributed by atoms with Gasteiger partial charge in [-0.25, -0.2) is 0 Å². The molecule has 0 spiro atoms. The molecule has 1 heteroatoms. The van der Waals surface area contributed by atoms with E-state index < -0.39 is 0 Å². The van der Waals surface area contributed by atoms with Crippen LogP contribution in [0.15, 0.2) is 24.3 Å². The van der Waals surface area contributed by atoms with Crippen LogP contribution in [0.4, 0.5) is 0 Å². The summed E-state index contributed by atoms with van der Waals surface area (Å²) in [4.78, 5) is 0. The molecule has 84 valence electrons. The molecule has 0 saturated heterocycles. The van der Waals surface area contributed by atoms with Crippen LogP contribution in [-0.4, -0.2) is 0 Å². The van der Waals surface area contributed by atoms with Gasteiger partial charge in [-0.3, -0.25) is 0 Å². The molecule has 0 radical (unpaired) electrons. The molecule has 16 heavy (non-hydrogen) atoms. The topological polar surface area (TPSA) is 0 Å². The molecule has 2 aromatic rings. The Morgan fingerprint density at radius 3 is 2.62 bits per heavy atom. The number of rotatable bonds is 3. The van der Waals surface area contributed by atoms with E-state index in [2.05, 4.69) is 45.0 Å². The summed E-state index contributed by atoms with van der Waals surface area (Å²) in [6.45, 7) is 6.63. The van der Waals surface area contributed by atoms with Crippen molar-refractivity contribution in [3.05, 3.63) is 41.0 Å². The standard InChI is InChI=1S/C15H19.Zr/c1-4-5-6-13-8-7-12(3)14-9-11(2)10-15(13)14;/h7-10H,4-6H2,1-3H3;/q-1;. The first-order valence-corrected chi connectivity index (χ1v) is 5.88. The molecule has 0 N–H and O–H groups in total. The second kappa shape index (κ2) is 5.87. The minimum Gasteiger partial charge on any atom is -0.165 e. The monoisotopic (exact) mass is 289 g/mol. The van der Waals surface area contributed by atoms with Gasteiger partial charge in [-0.15, -0.1) is 34.0 Å². The summed E-state index contributed by atoms with van der Waals surface area (Å²) in [7, 11) is 0. The molecule has 0 atom stereocenters. The van der Waals surface area contributed by atoms with E-state index in [1.807, 2.05) is 0 Å². The molecular weight excluding hydrogens is 271 g/mol. The number of benzene rings is 1. The van der Waals surface area contributed by atoms with Crippen LogP contribution in [0.1, 0.15) is 36.5 Å². The van der Waals surface area contributed by atoms with Gasteiger partial charge in [0.2, 0.25) is 0 Å². The molecular formula is C15H19Zr-. The summed E-state index contributed by atoms with van der Waals surface area (Å²) < 4.78 is 0. The molecule has 0 heterocycles. The zero-order valence-electron chi connectivity index (χ0n) is 10.4. The van der Waals surface area contributed by atoms with Crippen molar-refractivity contribution < 1.29 is 26.2 Å². The molecule has 0 amide bonds. The second-order valence-corrected chi connectivity index (χ2v) is 4.51.